The number of hydrogen-bond acceptors (Lipinski definition) is 6. The number of furan rings is 1. The third-order valence-electron chi connectivity index (χ3n) is 4.49. The Morgan fingerprint density at radius 3 is 3.00 bits per heavy atom. The first kappa shape index (κ1) is 14.6. The van der Waals surface area contributed by atoms with Crippen molar-refractivity contribution in [3.8, 4) is 11.4 Å². The van der Waals surface area contributed by atoms with E-state index in [0.717, 1.165) is 34.8 Å². The van der Waals surface area contributed by atoms with Crippen LogP contribution >= 0.6 is 11.3 Å². The largest absolute Gasteiger partial charge is 0.467 e. The molecule has 0 radical (unpaired) electrons. The number of anilines is 1. The second kappa shape index (κ2) is 5.97. The lowest BCUT2D eigenvalue weighted by atomic mass is 10.2. The van der Waals surface area contributed by atoms with E-state index in [9.17, 15) is 0 Å². The minimum Gasteiger partial charge on any atom is -0.467 e. The molecule has 0 spiro atoms. The third-order valence-corrected chi connectivity index (χ3v) is 5.68. The van der Waals surface area contributed by atoms with Crippen LogP contribution in [0.25, 0.3) is 21.6 Å². The molecule has 1 N–H and O–H groups in total. The van der Waals surface area contributed by atoms with Crippen LogP contribution in [0.15, 0.2) is 47.3 Å². The van der Waals surface area contributed by atoms with Crippen molar-refractivity contribution in [3.63, 3.8) is 0 Å². The Morgan fingerprint density at radius 1 is 1.16 bits per heavy atom. The van der Waals surface area contributed by atoms with Crippen molar-refractivity contribution in [3.05, 3.63) is 59.1 Å². The molecule has 0 aliphatic heterocycles. The maximum absolute atomic E-state index is 5.44. The molecule has 0 saturated carbocycles. The molecular formula is C19H16N4OS. The van der Waals surface area contributed by atoms with E-state index < -0.39 is 0 Å². The number of aromatic nitrogens is 3. The summed E-state index contributed by atoms with van der Waals surface area (Å²) in [4.78, 5) is 16.3. The number of pyridine rings is 1. The SMILES string of the molecule is c1cncc(-c2nc(NCc3ccco3)c3c4c(sc3n2)CCC4)c1. The fraction of sp³-hybridized carbons (Fsp3) is 0.211. The van der Waals surface area contributed by atoms with E-state index in [-0.39, 0.29) is 0 Å². The Bertz CT molecular complexity index is 1020. The van der Waals surface area contributed by atoms with Gasteiger partial charge in [0.2, 0.25) is 0 Å². The number of hydrogen-bond donors (Lipinski definition) is 1. The molecule has 0 saturated heterocycles. The molecular weight excluding hydrogens is 332 g/mol. The Hall–Kier alpha value is -2.73. The highest BCUT2D eigenvalue weighted by Gasteiger charge is 2.22. The van der Waals surface area contributed by atoms with Crippen molar-refractivity contribution in [2.45, 2.75) is 25.8 Å². The van der Waals surface area contributed by atoms with Crippen molar-refractivity contribution in [1.29, 1.82) is 0 Å². The van der Waals surface area contributed by atoms with Gasteiger partial charge in [0.25, 0.3) is 0 Å². The third kappa shape index (κ3) is 2.59. The molecule has 0 fully saturated rings. The molecule has 0 bridgehead atoms. The van der Waals surface area contributed by atoms with Crippen LogP contribution in [-0.2, 0) is 19.4 Å². The Morgan fingerprint density at radius 2 is 2.16 bits per heavy atom. The van der Waals surface area contributed by atoms with Crippen molar-refractivity contribution >= 4 is 27.4 Å². The summed E-state index contributed by atoms with van der Waals surface area (Å²) in [5.74, 6) is 2.49. The van der Waals surface area contributed by atoms with E-state index in [1.165, 1.54) is 22.2 Å². The molecule has 25 heavy (non-hydrogen) atoms. The van der Waals surface area contributed by atoms with Gasteiger partial charge < -0.3 is 9.73 Å². The van der Waals surface area contributed by atoms with Gasteiger partial charge in [-0.15, -0.1) is 11.3 Å². The first-order valence-electron chi connectivity index (χ1n) is 8.37. The molecule has 0 aromatic carbocycles. The fourth-order valence-corrected chi connectivity index (χ4v) is 4.59. The zero-order valence-electron chi connectivity index (χ0n) is 13.5. The van der Waals surface area contributed by atoms with Crippen molar-refractivity contribution in [2.24, 2.45) is 0 Å². The van der Waals surface area contributed by atoms with Crippen LogP contribution in [0.5, 0.6) is 0 Å². The predicted octanol–water partition coefficient (Wildman–Crippen LogP) is 4.45. The lowest BCUT2D eigenvalue weighted by Gasteiger charge is -2.09. The van der Waals surface area contributed by atoms with Crippen LogP contribution in [0.4, 0.5) is 5.82 Å². The fourth-order valence-electron chi connectivity index (χ4n) is 3.33. The summed E-state index contributed by atoms with van der Waals surface area (Å²) in [6, 6.07) is 7.76. The van der Waals surface area contributed by atoms with Crippen LogP contribution in [0.3, 0.4) is 0 Å². The average Bonchev–Trinajstić information content (AvgIpc) is 3.37. The van der Waals surface area contributed by atoms with E-state index in [2.05, 4.69) is 10.3 Å². The van der Waals surface area contributed by atoms with E-state index >= 15 is 0 Å². The molecule has 1 aliphatic rings. The number of fused-ring (bicyclic) bond motifs is 3. The van der Waals surface area contributed by atoms with E-state index in [4.69, 9.17) is 14.4 Å². The molecule has 0 atom stereocenters. The standard InChI is InChI=1S/C19H16N4OS/c1-6-14-15(7-1)25-19-16(14)18(21-11-13-5-3-9-24-13)22-17(23-19)12-4-2-8-20-10-12/h2-5,8-10H,1,6-7,11H2,(H,21,22,23). The quantitative estimate of drug-likeness (QED) is 0.590. The first-order valence-corrected chi connectivity index (χ1v) is 9.19. The number of aryl methyl sites for hydroxylation is 2. The summed E-state index contributed by atoms with van der Waals surface area (Å²) in [6.07, 6.45) is 8.74. The minimum absolute atomic E-state index is 0.607. The summed E-state index contributed by atoms with van der Waals surface area (Å²) in [5, 5.41) is 4.63. The molecule has 0 amide bonds. The smallest absolute Gasteiger partial charge is 0.164 e. The number of rotatable bonds is 4. The Kier molecular flexibility index (Phi) is 3.48. The van der Waals surface area contributed by atoms with Crippen LogP contribution in [0.2, 0.25) is 0 Å². The first-order chi connectivity index (χ1) is 12.4. The van der Waals surface area contributed by atoms with Crippen LogP contribution in [-0.4, -0.2) is 15.0 Å². The maximum Gasteiger partial charge on any atom is 0.164 e. The topological polar surface area (TPSA) is 63.8 Å². The van der Waals surface area contributed by atoms with Gasteiger partial charge in [-0.25, -0.2) is 9.97 Å². The molecule has 1 aliphatic carbocycles. The van der Waals surface area contributed by atoms with Crippen molar-refractivity contribution in [1.82, 2.24) is 15.0 Å². The molecule has 5 nitrogen and oxygen atoms in total. The number of nitrogens with one attached hydrogen (secondary N) is 1. The molecule has 6 heteroatoms. The van der Waals surface area contributed by atoms with E-state index in [0.29, 0.717) is 12.4 Å². The highest BCUT2D eigenvalue weighted by Crippen LogP contribution is 2.40. The summed E-state index contributed by atoms with van der Waals surface area (Å²) in [7, 11) is 0. The highest BCUT2D eigenvalue weighted by molar-refractivity contribution is 7.19. The average molecular weight is 348 g/mol. The lowest BCUT2D eigenvalue weighted by molar-refractivity contribution is 0.518. The van der Waals surface area contributed by atoms with Gasteiger partial charge in [-0.2, -0.15) is 0 Å². The van der Waals surface area contributed by atoms with Gasteiger partial charge in [-0.1, -0.05) is 0 Å². The van der Waals surface area contributed by atoms with Crippen LogP contribution < -0.4 is 5.32 Å². The van der Waals surface area contributed by atoms with Gasteiger partial charge >= 0.3 is 0 Å². The molecule has 4 heterocycles. The normalized spacial score (nSPS) is 13.3. The van der Waals surface area contributed by atoms with Gasteiger partial charge in [-0.3, -0.25) is 4.98 Å². The molecule has 0 unspecified atom stereocenters. The van der Waals surface area contributed by atoms with Gasteiger partial charge in [0.15, 0.2) is 5.82 Å². The molecule has 5 rings (SSSR count). The maximum atomic E-state index is 5.44. The van der Waals surface area contributed by atoms with Crippen LogP contribution in [0.1, 0.15) is 22.6 Å². The van der Waals surface area contributed by atoms with Crippen molar-refractivity contribution < 1.29 is 4.42 Å². The van der Waals surface area contributed by atoms with Crippen LogP contribution in [0, 0.1) is 0 Å². The lowest BCUT2D eigenvalue weighted by Crippen LogP contribution is -2.03. The monoisotopic (exact) mass is 348 g/mol. The second-order valence-electron chi connectivity index (χ2n) is 6.11. The second-order valence-corrected chi connectivity index (χ2v) is 7.19. The number of thiophene rings is 1. The number of nitrogens with zero attached hydrogens (tertiary/aromatic N) is 3. The highest BCUT2D eigenvalue weighted by atomic mass is 32.1. The van der Waals surface area contributed by atoms with E-state index in [1.54, 1.807) is 30.0 Å². The zero-order chi connectivity index (χ0) is 16.6. The summed E-state index contributed by atoms with van der Waals surface area (Å²) >= 11 is 1.80. The van der Waals surface area contributed by atoms with E-state index in [1.807, 2.05) is 24.3 Å². The summed E-state index contributed by atoms with van der Waals surface area (Å²) in [5.41, 5.74) is 2.35. The Balaban J connectivity index is 1.63. The summed E-state index contributed by atoms with van der Waals surface area (Å²) < 4.78 is 5.44. The van der Waals surface area contributed by atoms with Gasteiger partial charge in [0, 0.05) is 22.8 Å². The Labute approximate surface area is 148 Å². The predicted molar refractivity (Wildman–Crippen MR) is 98.7 cm³/mol. The minimum atomic E-state index is 0.607. The van der Waals surface area contributed by atoms with Gasteiger partial charge in [0.05, 0.1) is 18.2 Å². The molecule has 4 aromatic rings. The summed E-state index contributed by atoms with van der Waals surface area (Å²) in [6.45, 7) is 0.607. The van der Waals surface area contributed by atoms with Crippen molar-refractivity contribution in [2.75, 3.05) is 5.32 Å². The molecule has 124 valence electrons. The zero-order valence-corrected chi connectivity index (χ0v) is 14.3. The molecule has 4 aromatic heterocycles. The van der Waals surface area contributed by atoms with Gasteiger partial charge in [-0.05, 0) is 49.1 Å². The van der Waals surface area contributed by atoms with Gasteiger partial charge in [0.1, 0.15) is 16.4 Å².